The lowest BCUT2D eigenvalue weighted by Crippen LogP contribution is -2.50. The lowest BCUT2D eigenvalue weighted by molar-refractivity contribution is -0.133. The van der Waals surface area contributed by atoms with Gasteiger partial charge in [0.25, 0.3) is 0 Å². The van der Waals surface area contributed by atoms with Crippen LogP contribution in [0.3, 0.4) is 0 Å². The monoisotopic (exact) mass is 317 g/mol. The summed E-state index contributed by atoms with van der Waals surface area (Å²) >= 11 is 0. The molecule has 7 heteroatoms. The highest BCUT2D eigenvalue weighted by molar-refractivity contribution is 7.91. The molecule has 0 radical (unpaired) electrons. The second-order valence-electron chi connectivity index (χ2n) is 6.24. The van der Waals surface area contributed by atoms with Gasteiger partial charge in [-0.25, -0.2) is 8.42 Å². The summed E-state index contributed by atoms with van der Waals surface area (Å²) in [6.07, 6.45) is 4.04. The highest BCUT2D eigenvalue weighted by atomic mass is 32.2. The van der Waals surface area contributed by atoms with Gasteiger partial charge >= 0.3 is 0 Å². The summed E-state index contributed by atoms with van der Waals surface area (Å²) in [5.41, 5.74) is 0. The number of rotatable bonds is 5. The average molecular weight is 317 g/mol. The van der Waals surface area contributed by atoms with E-state index in [9.17, 15) is 13.2 Å². The van der Waals surface area contributed by atoms with Crippen molar-refractivity contribution in [2.75, 3.05) is 45.2 Å². The molecule has 0 saturated carbocycles. The van der Waals surface area contributed by atoms with Gasteiger partial charge in [-0.1, -0.05) is 6.42 Å². The number of carbonyl (C=O) groups is 1. The number of hydrogen-bond donors (Lipinski definition) is 1. The molecule has 1 N–H and O–H groups in total. The van der Waals surface area contributed by atoms with Crippen molar-refractivity contribution in [2.45, 2.75) is 37.8 Å². The van der Waals surface area contributed by atoms with Gasteiger partial charge in [0.1, 0.15) is 0 Å². The Kier molecular flexibility index (Phi) is 5.62. The summed E-state index contributed by atoms with van der Waals surface area (Å²) < 4.78 is 23.1. The Morgan fingerprint density at radius 1 is 1.33 bits per heavy atom. The van der Waals surface area contributed by atoms with Gasteiger partial charge in [0, 0.05) is 25.7 Å². The number of sulfone groups is 1. The third kappa shape index (κ3) is 4.40. The first-order chi connectivity index (χ1) is 9.93. The molecule has 2 aliphatic heterocycles. The Bertz CT molecular complexity index is 464. The van der Waals surface area contributed by atoms with E-state index in [0.29, 0.717) is 19.0 Å². The Labute approximate surface area is 127 Å². The molecule has 2 heterocycles. The van der Waals surface area contributed by atoms with Gasteiger partial charge in [0.2, 0.25) is 5.91 Å². The van der Waals surface area contributed by atoms with Crippen LogP contribution in [-0.4, -0.2) is 81.4 Å². The summed E-state index contributed by atoms with van der Waals surface area (Å²) in [7, 11) is 0.732. The second-order valence-corrected chi connectivity index (χ2v) is 8.47. The van der Waals surface area contributed by atoms with Crippen LogP contribution in [0.2, 0.25) is 0 Å². The van der Waals surface area contributed by atoms with Crippen LogP contribution in [0, 0.1) is 0 Å². The van der Waals surface area contributed by atoms with Crippen LogP contribution in [-0.2, 0) is 14.6 Å². The predicted octanol–water partition coefficient (Wildman–Crippen LogP) is -0.294. The van der Waals surface area contributed by atoms with Crippen LogP contribution in [0.1, 0.15) is 25.7 Å². The van der Waals surface area contributed by atoms with Crippen molar-refractivity contribution >= 4 is 15.7 Å². The standard InChI is InChI=1S/C14H27N3O3S/c1-15-9-12-5-3-4-7-17(12)10-14(18)16(2)13-6-8-21(19,20)11-13/h12-13,15H,3-11H2,1-2H3. The minimum atomic E-state index is -2.94. The van der Waals surface area contributed by atoms with Gasteiger partial charge in [-0.05, 0) is 32.9 Å². The van der Waals surface area contributed by atoms with E-state index in [1.807, 2.05) is 7.05 Å². The maximum absolute atomic E-state index is 12.4. The zero-order valence-electron chi connectivity index (χ0n) is 13.0. The molecular weight excluding hydrogens is 290 g/mol. The maximum atomic E-state index is 12.4. The first kappa shape index (κ1) is 16.7. The molecule has 2 aliphatic rings. The van der Waals surface area contributed by atoms with Crippen LogP contribution < -0.4 is 5.32 Å². The molecule has 0 bridgehead atoms. The van der Waals surface area contributed by atoms with Crippen LogP contribution in [0.5, 0.6) is 0 Å². The summed E-state index contributed by atoms with van der Waals surface area (Å²) in [5, 5.41) is 3.19. The fraction of sp³-hybridized carbons (Fsp3) is 0.929. The van der Waals surface area contributed by atoms with E-state index in [-0.39, 0.29) is 23.5 Å². The molecule has 0 aromatic rings. The third-order valence-electron chi connectivity index (χ3n) is 4.68. The van der Waals surface area contributed by atoms with E-state index >= 15 is 0 Å². The number of nitrogens with zero attached hydrogens (tertiary/aromatic N) is 2. The number of nitrogens with one attached hydrogen (secondary N) is 1. The molecule has 2 rings (SSSR count). The third-order valence-corrected chi connectivity index (χ3v) is 6.43. The Morgan fingerprint density at radius 2 is 2.10 bits per heavy atom. The number of likely N-dealkylation sites (N-methyl/N-ethyl adjacent to an activating group) is 2. The number of carbonyl (C=O) groups excluding carboxylic acids is 1. The van der Waals surface area contributed by atoms with Gasteiger partial charge in [-0.15, -0.1) is 0 Å². The lowest BCUT2D eigenvalue weighted by atomic mass is 10.0. The molecule has 0 aromatic carbocycles. The minimum Gasteiger partial charge on any atom is -0.341 e. The maximum Gasteiger partial charge on any atom is 0.236 e. The highest BCUT2D eigenvalue weighted by Gasteiger charge is 2.34. The number of hydrogen-bond acceptors (Lipinski definition) is 5. The van der Waals surface area contributed by atoms with E-state index in [1.165, 1.54) is 6.42 Å². The van der Waals surface area contributed by atoms with Crippen LogP contribution in [0.25, 0.3) is 0 Å². The molecule has 21 heavy (non-hydrogen) atoms. The van der Waals surface area contributed by atoms with Crippen LogP contribution >= 0.6 is 0 Å². The average Bonchev–Trinajstić information content (AvgIpc) is 2.80. The topological polar surface area (TPSA) is 69.7 Å². The molecule has 122 valence electrons. The van der Waals surface area contributed by atoms with E-state index in [4.69, 9.17) is 0 Å². The minimum absolute atomic E-state index is 0.0418. The van der Waals surface area contributed by atoms with E-state index < -0.39 is 9.84 Å². The summed E-state index contributed by atoms with van der Waals surface area (Å²) in [6, 6.07) is 0.267. The van der Waals surface area contributed by atoms with Crippen LogP contribution in [0.15, 0.2) is 0 Å². The van der Waals surface area contributed by atoms with Crippen molar-refractivity contribution in [2.24, 2.45) is 0 Å². The Morgan fingerprint density at radius 3 is 2.71 bits per heavy atom. The molecule has 2 unspecified atom stereocenters. The van der Waals surface area contributed by atoms with Crippen molar-refractivity contribution in [3.05, 3.63) is 0 Å². The zero-order valence-corrected chi connectivity index (χ0v) is 13.9. The molecule has 1 amide bonds. The predicted molar refractivity (Wildman–Crippen MR) is 83.0 cm³/mol. The zero-order chi connectivity index (χ0) is 15.5. The fourth-order valence-electron chi connectivity index (χ4n) is 3.30. The first-order valence-electron chi connectivity index (χ1n) is 7.77. The van der Waals surface area contributed by atoms with Crippen molar-refractivity contribution in [3.63, 3.8) is 0 Å². The number of amides is 1. The molecule has 0 spiro atoms. The van der Waals surface area contributed by atoms with Crippen molar-refractivity contribution in [3.8, 4) is 0 Å². The molecule has 2 saturated heterocycles. The van der Waals surface area contributed by atoms with Gasteiger partial charge < -0.3 is 10.2 Å². The smallest absolute Gasteiger partial charge is 0.236 e. The van der Waals surface area contributed by atoms with E-state index in [1.54, 1.807) is 11.9 Å². The van der Waals surface area contributed by atoms with Gasteiger partial charge in [0.15, 0.2) is 9.84 Å². The highest BCUT2D eigenvalue weighted by Crippen LogP contribution is 2.19. The van der Waals surface area contributed by atoms with Crippen molar-refractivity contribution < 1.29 is 13.2 Å². The quantitative estimate of drug-likeness (QED) is 0.754. The van der Waals surface area contributed by atoms with Gasteiger partial charge in [0.05, 0.1) is 18.1 Å². The van der Waals surface area contributed by atoms with Gasteiger partial charge in [-0.3, -0.25) is 9.69 Å². The summed E-state index contributed by atoms with van der Waals surface area (Å²) in [6.45, 7) is 2.25. The van der Waals surface area contributed by atoms with Crippen LogP contribution in [0.4, 0.5) is 0 Å². The molecule has 2 fully saturated rings. The molecular formula is C14H27N3O3S. The summed E-state index contributed by atoms with van der Waals surface area (Å²) in [5.74, 6) is 0.372. The lowest BCUT2D eigenvalue weighted by Gasteiger charge is -2.36. The molecule has 0 aliphatic carbocycles. The second kappa shape index (κ2) is 7.07. The number of likely N-dealkylation sites (tertiary alicyclic amines) is 1. The largest absolute Gasteiger partial charge is 0.341 e. The fourth-order valence-corrected chi connectivity index (χ4v) is 5.08. The van der Waals surface area contributed by atoms with Gasteiger partial charge in [-0.2, -0.15) is 0 Å². The Hall–Kier alpha value is -0.660. The first-order valence-corrected chi connectivity index (χ1v) is 9.60. The summed E-state index contributed by atoms with van der Waals surface area (Å²) in [4.78, 5) is 16.3. The molecule has 6 nitrogen and oxygen atoms in total. The Balaban J connectivity index is 1.90. The SMILES string of the molecule is CNCC1CCCCN1CC(=O)N(C)C1CCS(=O)(=O)C1. The van der Waals surface area contributed by atoms with E-state index in [0.717, 1.165) is 25.9 Å². The van der Waals surface area contributed by atoms with Crippen molar-refractivity contribution in [1.82, 2.24) is 15.1 Å². The molecule has 0 aromatic heterocycles. The number of piperidine rings is 1. The van der Waals surface area contributed by atoms with Crippen molar-refractivity contribution in [1.29, 1.82) is 0 Å². The normalized spacial score (nSPS) is 29.4. The van der Waals surface area contributed by atoms with E-state index in [2.05, 4.69) is 10.2 Å². The molecule has 2 atom stereocenters.